The molecule has 4 heterocycles. The molecule has 1 unspecified atom stereocenters. The van der Waals surface area contributed by atoms with Crippen LogP contribution < -0.4 is 5.32 Å². The SMILES string of the molecule is CO[C@H]1CN(C(=O)C2CN3CCN(C)CC3=N2)C[C@@H]1NC(=O)c1ccc(Cl)s1. The Morgan fingerprint density at radius 2 is 2.11 bits per heavy atom. The van der Waals surface area contributed by atoms with E-state index in [9.17, 15) is 9.59 Å². The normalized spacial score (nSPS) is 27.7. The lowest BCUT2D eigenvalue weighted by Gasteiger charge is -2.31. The Kier molecular flexibility index (Phi) is 5.59. The summed E-state index contributed by atoms with van der Waals surface area (Å²) in [6, 6.07) is 2.77. The van der Waals surface area contributed by atoms with E-state index in [1.54, 1.807) is 24.1 Å². The van der Waals surface area contributed by atoms with Crippen LogP contribution >= 0.6 is 22.9 Å². The third-order valence-corrected chi connectivity index (χ3v) is 6.74. The lowest BCUT2D eigenvalue weighted by molar-refractivity contribution is -0.131. The number of hydrogen-bond acceptors (Lipinski definition) is 7. The minimum absolute atomic E-state index is 0.00233. The summed E-state index contributed by atoms with van der Waals surface area (Å²) < 4.78 is 6.10. The number of nitrogens with one attached hydrogen (secondary N) is 1. The van der Waals surface area contributed by atoms with E-state index in [0.29, 0.717) is 28.8 Å². The molecule has 3 aliphatic rings. The number of thiophene rings is 1. The number of ether oxygens (including phenoxy) is 1. The largest absolute Gasteiger partial charge is 0.377 e. The van der Waals surface area contributed by atoms with Gasteiger partial charge >= 0.3 is 0 Å². The molecule has 0 bridgehead atoms. The first-order valence-corrected chi connectivity index (χ1v) is 10.5. The Morgan fingerprint density at radius 3 is 2.82 bits per heavy atom. The number of aliphatic imine (C=N–C) groups is 1. The highest BCUT2D eigenvalue weighted by atomic mass is 35.5. The number of nitrogens with zero attached hydrogens (tertiary/aromatic N) is 4. The van der Waals surface area contributed by atoms with Gasteiger partial charge in [0.05, 0.1) is 34.4 Å². The summed E-state index contributed by atoms with van der Waals surface area (Å²) >= 11 is 7.15. The molecule has 3 atom stereocenters. The Labute approximate surface area is 173 Å². The number of carbonyl (C=O) groups is 2. The van der Waals surface area contributed by atoms with Gasteiger partial charge < -0.3 is 19.9 Å². The maximum absolute atomic E-state index is 13.0. The maximum Gasteiger partial charge on any atom is 0.261 e. The van der Waals surface area contributed by atoms with Gasteiger partial charge in [-0.15, -0.1) is 11.3 Å². The van der Waals surface area contributed by atoms with Crippen LogP contribution in [0.15, 0.2) is 17.1 Å². The Hall–Kier alpha value is -1.68. The number of likely N-dealkylation sites (tertiary alicyclic amines) is 1. The van der Waals surface area contributed by atoms with Gasteiger partial charge in [-0.25, -0.2) is 0 Å². The second-order valence-corrected chi connectivity index (χ2v) is 9.16. The molecule has 0 aliphatic carbocycles. The van der Waals surface area contributed by atoms with E-state index in [1.165, 1.54) is 11.3 Å². The molecule has 0 aromatic carbocycles. The predicted octanol–water partition coefficient (Wildman–Crippen LogP) is 0.385. The predicted molar refractivity (Wildman–Crippen MR) is 108 cm³/mol. The van der Waals surface area contributed by atoms with Gasteiger partial charge in [-0.05, 0) is 19.2 Å². The maximum atomic E-state index is 13.0. The molecule has 4 rings (SSSR count). The number of methoxy groups -OCH3 is 1. The summed E-state index contributed by atoms with van der Waals surface area (Å²) in [4.78, 5) is 36.9. The minimum atomic E-state index is -0.371. The van der Waals surface area contributed by atoms with Crippen molar-refractivity contribution < 1.29 is 14.3 Å². The van der Waals surface area contributed by atoms with Crippen molar-refractivity contribution in [3.8, 4) is 0 Å². The summed E-state index contributed by atoms with van der Waals surface area (Å²) in [5, 5.41) is 2.98. The van der Waals surface area contributed by atoms with Crippen molar-refractivity contribution in [2.75, 3.05) is 53.4 Å². The quantitative estimate of drug-likeness (QED) is 0.755. The van der Waals surface area contributed by atoms with Crippen LogP contribution in [0.2, 0.25) is 4.34 Å². The van der Waals surface area contributed by atoms with Crippen molar-refractivity contribution in [3.63, 3.8) is 0 Å². The summed E-state index contributed by atoms with van der Waals surface area (Å²) in [6.45, 7) is 4.18. The molecule has 152 valence electrons. The smallest absolute Gasteiger partial charge is 0.261 e. The van der Waals surface area contributed by atoms with Gasteiger partial charge in [0, 0.05) is 33.3 Å². The van der Waals surface area contributed by atoms with Crippen molar-refractivity contribution in [3.05, 3.63) is 21.3 Å². The van der Waals surface area contributed by atoms with Crippen molar-refractivity contribution in [2.24, 2.45) is 4.99 Å². The fourth-order valence-corrected chi connectivity index (χ4v) is 4.89. The van der Waals surface area contributed by atoms with Crippen molar-refractivity contribution in [1.29, 1.82) is 0 Å². The van der Waals surface area contributed by atoms with Crippen LogP contribution in [-0.2, 0) is 9.53 Å². The van der Waals surface area contributed by atoms with E-state index in [0.717, 1.165) is 25.5 Å². The lowest BCUT2D eigenvalue weighted by atomic mass is 10.2. The molecule has 0 radical (unpaired) electrons. The molecule has 28 heavy (non-hydrogen) atoms. The molecule has 10 heteroatoms. The van der Waals surface area contributed by atoms with Gasteiger partial charge in [-0.1, -0.05) is 11.6 Å². The Bertz CT molecular complexity index is 800. The number of amides is 2. The Morgan fingerprint density at radius 1 is 1.29 bits per heavy atom. The topological polar surface area (TPSA) is 77.5 Å². The van der Waals surface area contributed by atoms with E-state index in [-0.39, 0.29) is 30.0 Å². The average molecular weight is 426 g/mol. The molecule has 1 aromatic heterocycles. The first kappa shape index (κ1) is 19.6. The van der Waals surface area contributed by atoms with Crippen molar-refractivity contribution >= 4 is 40.6 Å². The first-order valence-electron chi connectivity index (χ1n) is 9.32. The second-order valence-electron chi connectivity index (χ2n) is 7.45. The van der Waals surface area contributed by atoms with Crippen LogP contribution in [0.4, 0.5) is 0 Å². The standard InChI is InChI=1S/C18H24ClN5O3S/c1-22-5-6-23-8-12(20-16(23)10-22)18(26)24-7-11(13(9-24)27-2)21-17(25)14-3-4-15(19)28-14/h3-4,11-13H,5-10H2,1-2H3,(H,21,25)/t11-,12?,13-/m0/s1. The fraction of sp³-hybridized carbons (Fsp3) is 0.611. The number of fused-ring (bicyclic) bond motifs is 1. The molecular weight excluding hydrogens is 402 g/mol. The van der Waals surface area contributed by atoms with Crippen molar-refractivity contribution in [2.45, 2.75) is 18.2 Å². The zero-order valence-corrected chi connectivity index (χ0v) is 17.5. The van der Waals surface area contributed by atoms with E-state index in [1.807, 2.05) is 0 Å². The number of amidine groups is 1. The van der Waals surface area contributed by atoms with Gasteiger partial charge in [0.15, 0.2) is 0 Å². The van der Waals surface area contributed by atoms with Gasteiger partial charge in [0.1, 0.15) is 11.9 Å². The summed E-state index contributed by atoms with van der Waals surface area (Å²) in [7, 11) is 3.67. The van der Waals surface area contributed by atoms with Crippen molar-refractivity contribution in [1.82, 2.24) is 20.0 Å². The van der Waals surface area contributed by atoms with E-state index >= 15 is 0 Å². The zero-order chi connectivity index (χ0) is 19.8. The molecular formula is C18H24ClN5O3S. The monoisotopic (exact) mass is 425 g/mol. The number of rotatable bonds is 4. The molecule has 0 saturated carbocycles. The highest BCUT2D eigenvalue weighted by Crippen LogP contribution is 2.23. The highest BCUT2D eigenvalue weighted by molar-refractivity contribution is 7.18. The molecule has 1 aromatic rings. The number of carbonyl (C=O) groups excluding carboxylic acids is 2. The highest BCUT2D eigenvalue weighted by Gasteiger charge is 2.41. The molecule has 8 nitrogen and oxygen atoms in total. The summed E-state index contributed by atoms with van der Waals surface area (Å²) in [5.41, 5.74) is 0. The fourth-order valence-electron chi connectivity index (χ4n) is 3.94. The summed E-state index contributed by atoms with van der Waals surface area (Å²) in [6.07, 6.45) is -0.244. The minimum Gasteiger partial charge on any atom is -0.377 e. The molecule has 2 amide bonds. The lowest BCUT2D eigenvalue weighted by Crippen LogP contribution is -2.48. The molecule has 0 spiro atoms. The number of halogens is 1. The first-order chi connectivity index (χ1) is 13.4. The third-order valence-electron chi connectivity index (χ3n) is 5.51. The van der Waals surface area contributed by atoms with Gasteiger partial charge in [0.25, 0.3) is 5.91 Å². The average Bonchev–Trinajstić information content (AvgIpc) is 3.38. The molecule has 3 aliphatic heterocycles. The number of piperazine rings is 1. The van der Waals surface area contributed by atoms with Gasteiger partial charge in [-0.3, -0.25) is 19.5 Å². The van der Waals surface area contributed by atoms with Gasteiger partial charge in [-0.2, -0.15) is 0 Å². The van der Waals surface area contributed by atoms with Crippen LogP contribution in [-0.4, -0.2) is 104 Å². The van der Waals surface area contributed by atoms with Crippen LogP contribution in [0.25, 0.3) is 0 Å². The molecule has 2 fully saturated rings. The molecule has 1 N–H and O–H groups in total. The zero-order valence-electron chi connectivity index (χ0n) is 15.9. The van der Waals surface area contributed by atoms with Crippen LogP contribution in [0, 0.1) is 0 Å². The Balaban J connectivity index is 1.39. The van der Waals surface area contributed by atoms with E-state index < -0.39 is 0 Å². The second kappa shape index (κ2) is 7.98. The van der Waals surface area contributed by atoms with Crippen LogP contribution in [0.3, 0.4) is 0 Å². The van der Waals surface area contributed by atoms with E-state index in [2.05, 4.69) is 27.2 Å². The number of hydrogen-bond donors (Lipinski definition) is 1. The van der Waals surface area contributed by atoms with Gasteiger partial charge in [0.2, 0.25) is 5.91 Å². The van der Waals surface area contributed by atoms with E-state index in [4.69, 9.17) is 16.3 Å². The van der Waals surface area contributed by atoms with Crippen LogP contribution in [0.5, 0.6) is 0 Å². The number of likely N-dealkylation sites (N-methyl/N-ethyl adjacent to an activating group) is 1. The third kappa shape index (κ3) is 3.89. The summed E-state index contributed by atoms with van der Waals surface area (Å²) in [5.74, 6) is 0.802. The van der Waals surface area contributed by atoms with Crippen LogP contribution in [0.1, 0.15) is 9.67 Å². The molecule has 2 saturated heterocycles.